The second kappa shape index (κ2) is 7.15. The van der Waals surface area contributed by atoms with Gasteiger partial charge in [0.2, 0.25) is 5.91 Å². The summed E-state index contributed by atoms with van der Waals surface area (Å²) < 4.78 is 0. The number of benzene rings is 2. The van der Waals surface area contributed by atoms with E-state index in [2.05, 4.69) is 5.43 Å². The van der Waals surface area contributed by atoms with Gasteiger partial charge >= 0.3 is 0 Å². The number of hydrogen-bond donors (Lipinski definition) is 3. The van der Waals surface area contributed by atoms with Crippen molar-refractivity contribution >= 4 is 23.4 Å². The van der Waals surface area contributed by atoms with Crippen LogP contribution < -0.4 is 17.0 Å². The molecule has 1 unspecified atom stereocenters. The number of carbonyl (C=O) groups excluding carboxylic acids is 1. The van der Waals surface area contributed by atoms with Crippen molar-refractivity contribution in [1.29, 1.82) is 0 Å². The number of nitrogens with two attached hydrogens (primary N) is 2. The molecule has 2 rings (SSSR count). The Morgan fingerprint density at radius 1 is 1.24 bits per heavy atom. The molecular formula is C16H19N3OS. The van der Waals surface area contributed by atoms with Gasteiger partial charge in [-0.25, -0.2) is 5.84 Å². The van der Waals surface area contributed by atoms with Crippen molar-refractivity contribution in [2.75, 3.05) is 11.5 Å². The topological polar surface area (TPSA) is 81.1 Å². The molecule has 0 saturated carbocycles. The quantitative estimate of drug-likeness (QED) is 0.260. The highest BCUT2D eigenvalue weighted by Crippen LogP contribution is 2.30. The first-order chi connectivity index (χ1) is 10.1. The first kappa shape index (κ1) is 15.4. The Bertz CT molecular complexity index is 616. The van der Waals surface area contributed by atoms with Gasteiger partial charge in [0, 0.05) is 16.3 Å². The van der Waals surface area contributed by atoms with E-state index in [4.69, 9.17) is 11.6 Å². The van der Waals surface area contributed by atoms with Crippen LogP contribution in [-0.2, 0) is 4.79 Å². The maximum absolute atomic E-state index is 12.0. The van der Waals surface area contributed by atoms with Crippen LogP contribution in [0.1, 0.15) is 17.0 Å². The Morgan fingerprint density at radius 2 is 1.95 bits per heavy atom. The van der Waals surface area contributed by atoms with Crippen molar-refractivity contribution in [3.8, 4) is 0 Å². The van der Waals surface area contributed by atoms with Crippen molar-refractivity contribution in [2.24, 2.45) is 5.84 Å². The molecule has 0 saturated heterocycles. The molecule has 2 aromatic carbocycles. The predicted molar refractivity (Wildman–Crippen MR) is 87.8 cm³/mol. The van der Waals surface area contributed by atoms with Crippen molar-refractivity contribution in [3.63, 3.8) is 0 Å². The number of amides is 1. The van der Waals surface area contributed by atoms with Crippen LogP contribution in [0.25, 0.3) is 0 Å². The minimum Gasteiger partial charge on any atom is -0.398 e. The summed E-state index contributed by atoms with van der Waals surface area (Å²) in [6.45, 7) is 2.00. The molecule has 0 aliphatic rings. The molecule has 0 fully saturated rings. The lowest BCUT2D eigenvalue weighted by molar-refractivity contribution is -0.122. The molecule has 1 amide bonds. The zero-order valence-electron chi connectivity index (χ0n) is 11.9. The summed E-state index contributed by atoms with van der Waals surface area (Å²) in [5, 5.41) is 0. The van der Waals surface area contributed by atoms with Crippen LogP contribution in [-0.4, -0.2) is 11.7 Å². The zero-order valence-corrected chi connectivity index (χ0v) is 12.7. The highest BCUT2D eigenvalue weighted by atomic mass is 32.2. The van der Waals surface area contributed by atoms with E-state index in [-0.39, 0.29) is 11.8 Å². The Hall–Kier alpha value is -1.98. The standard InChI is InChI=1S/C16H19N3OS/c1-11-7-8-15(14(17)9-11)21-10-13(16(20)19-18)12-5-3-2-4-6-12/h2-9,13H,10,17-18H2,1H3,(H,19,20). The van der Waals surface area contributed by atoms with Gasteiger partial charge in [0.05, 0.1) is 5.92 Å². The van der Waals surface area contributed by atoms with Crippen LogP contribution in [0.3, 0.4) is 0 Å². The van der Waals surface area contributed by atoms with Gasteiger partial charge in [0.15, 0.2) is 0 Å². The molecule has 0 aliphatic heterocycles. The van der Waals surface area contributed by atoms with E-state index >= 15 is 0 Å². The molecule has 5 heteroatoms. The zero-order chi connectivity index (χ0) is 15.2. The Kier molecular flexibility index (Phi) is 5.25. The van der Waals surface area contributed by atoms with Crippen LogP contribution in [0.2, 0.25) is 0 Å². The fourth-order valence-electron chi connectivity index (χ4n) is 2.08. The molecule has 0 radical (unpaired) electrons. The Morgan fingerprint density at radius 3 is 2.57 bits per heavy atom. The second-order valence-corrected chi connectivity index (χ2v) is 5.89. The van der Waals surface area contributed by atoms with E-state index < -0.39 is 0 Å². The van der Waals surface area contributed by atoms with Crippen LogP contribution in [0.5, 0.6) is 0 Å². The summed E-state index contributed by atoms with van der Waals surface area (Å²) in [7, 11) is 0. The molecular weight excluding hydrogens is 282 g/mol. The average Bonchev–Trinajstić information content (AvgIpc) is 2.50. The van der Waals surface area contributed by atoms with E-state index in [1.807, 2.05) is 55.5 Å². The predicted octanol–water partition coefficient (Wildman–Crippen LogP) is 2.44. The average molecular weight is 301 g/mol. The van der Waals surface area contributed by atoms with Crippen molar-refractivity contribution in [2.45, 2.75) is 17.7 Å². The molecule has 110 valence electrons. The SMILES string of the molecule is Cc1ccc(SCC(C(=O)NN)c2ccccc2)c(N)c1. The molecule has 0 aromatic heterocycles. The highest BCUT2D eigenvalue weighted by Gasteiger charge is 2.20. The molecule has 0 spiro atoms. The fourth-order valence-corrected chi connectivity index (χ4v) is 3.16. The van der Waals surface area contributed by atoms with Gasteiger partial charge in [-0.2, -0.15) is 0 Å². The Balaban J connectivity index is 2.15. The third-order valence-corrected chi connectivity index (χ3v) is 4.41. The number of carbonyl (C=O) groups is 1. The van der Waals surface area contributed by atoms with E-state index in [0.29, 0.717) is 5.75 Å². The van der Waals surface area contributed by atoms with Crippen molar-refractivity contribution < 1.29 is 4.79 Å². The monoisotopic (exact) mass is 301 g/mol. The normalized spacial score (nSPS) is 11.9. The van der Waals surface area contributed by atoms with E-state index in [1.165, 1.54) is 0 Å². The van der Waals surface area contributed by atoms with Gasteiger partial charge in [0.25, 0.3) is 0 Å². The molecule has 2 aromatic rings. The number of aryl methyl sites for hydroxylation is 1. The van der Waals surface area contributed by atoms with Crippen molar-refractivity contribution in [1.82, 2.24) is 5.43 Å². The summed E-state index contributed by atoms with van der Waals surface area (Å²) in [5.41, 5.74) is 11.0. The van der Waals surface area contributed by atoms with Crippen LogP contribution in [0.4, 0.5) is 5.69 Å². The van der Waals surface area contributed by atoms with E-state index in [0.717, 1.165) is 21.7 Å². The van der Waals surface area contributed by atoms with Gasteiger partial charge < -0.3 is 5.73 Å². The van der Waals surface area contributed by atoms with Gasteiger partial charge in [-0.3, -0.25) is 10.2 Å². The lowest BCUT2D eigenvalue weighted by Gasteiger charge is -2.16. The third-order valence-electron chi connectivity index (χ3n) is 3.23. The number of rotatable bonds is 5. The summed E-state index contributed by atoms with van der Waals surface area (Å²) in [4.78, 5) is 13.0. The van der Waals surface area contributed by atoms with Crippen molar-refractivity contribution in [3.05, 3.63) is 59.7 Å². The smallest absolute Gasteiger partial charge is 0.242 e. The van der Waals surface area contributed by atoms with Gasteiger partial charge in [-0.1, -0.05) is 36.4 Å². The van der Waals surface area contributed by atoms with E-state index in [9.17, 15) is 4.79 Å². The number of nitrogen functional groups attached to an aromatic ring is 1. The summed E-state index contributed by atoms with van der Waals surface area (Å²) in [5.74, 6) is 5.38. The molecule has 0 bridgehead atoms. The number of hydrogen-bond acceptors (Lipinski definition) is 4. The Labute approximate surface area is 128 Å². The maximum Gasteiger partial charge on any atom is 0.242 e. The molecule has 21 heavy (non-hydrogen) atoms. The third kappa shape index (κ3) is 4.00. The molecule has 4 nitrogen and oxygen atoms in total. The summed E-state index contributed by atoms with van der Waals surface area (Å²) in [6, 6.07) is 15.5. The summed E-state index contributed by atoms with van der Waals surface area (Å²) >= 11 is 1.56. The number of thioether (sulfide) groups is 1. The minimum atomic E-state index is -0.304. The molecule has 5 N–H and O–H groups in total. The van der Waals surface area contributed by atoms with Gasteiger partial charge in [-0.15, -0.1) is 11.8 Å². The van der Waals surface area contributed by atoms with E-state index in [1.54, 1.807) is 11.8 Å². The van der Waals surface area contributed by atoms with Gasteiger partial charge in [0.1, 0.15) is 0 Å². The number of anilines is 1. The lowest BCUT2D eigenvalue weighted by atomic mass is 10.0. The first-order valence-electron chi connectivity index (χ1n) is 6.66. The second-order valence-electron chi connectivity index (χ2n) is 4.82. The van der Waals surface area contributed by atoms with Crippen LogP contribution >= 0.6 is 11.8 Å². The summed E-state index contributed by atoms with van der Waals surface area (Å²) in [6.07, 6.45) is 0. The molecule has 1 atom stereocenters. The highest BCUT2D eigenvalue weighted by molar-refractivity contribution is 7.99. The lowest BCUT2D eigenvalue weighted by Crippen LogP contribution is -2.35. The van der Waals surface area contributed by atoms with Gasteiger partial charge in [-0.05, 0) is 30.2 Å². The molecule has 0 aliphatic carbocycles. The number of hydrazine groups is 1. The fraction of sp³-hybridized carbons (Fsp3) is 0.188. The maximum atomic E-state index is 12.0. The minimum absolute atomic E-state index is 0.195. The first-order valence-corrected chi connectivity index (χ1v) is 7.64. The molecule has 0 heterocycles. The van der Waals surface area contributed by atoms with Crippen LogP contribution in [0.15, 0.2) is 53.4 Å². The largest absolute Gasteiger partial charge is 0.398 e. The number of nitrogens with one attached hydrogen (secondary N) is 1. The van der Waals surface area contributed by atoms with Crippen LogP contribution in [0, 0.1) is 6.92 Å².